The number of hydrogen-bond acceptors (Lipinski definition) is 4. The van der Waals surface area contributed by atoms with Gasteiger partial charge in [0, 0.05) is 24.9 Å². The van der Waals surface area contributed by atoms with Crippen LogP contribution in [-0.4, -0.2) is 33.5 Å². The molecule has 0 saturated carbocycles. The molecule has 1 fully saturated rings. The van der Waals surface area contributed by atoms with Gasteiger partial charge in [-0.2, -0.15) is 0 Å². The predicted molar refractivity (Wildman–Crippen MR) is 76.2 cm³/mol. The van der Waals surface area contributed by atoms with Crippen molar-refractivity contribution in [3.05, 3.63) is 18.2 Å². The maximum atomic E-state index is 5.61. The average Bonchev–Trinajstić information content (AvgIpc) is 2.96. The van der Waals surface area contributed by atoms with Gasteiger partial charge in [-0.15, -0.1) is 0 Å². The molecule has 0 aromatic heterocycles. The molecule has 1 atom stereocenters. The second kappa shape index (κ2) is 7.24. The average molecular weight is 265 g/mol. The highest BCUT2D eigenvalue weighted by molar-refractivity contribution is 5.54. The summed E-state index contributed by atoms with van der Waals surface area (Å²) in [5.41, 5.74) is 1.06. The van der Waals surface area contributed by atoms with E-state index in [-0.39, 0.29) is 0 Å². The van der Waals surface area contributed by atoms with Crippen LogP contribution in [-0.2, 0) is 4.74 Å². The Hall–Kier alpha value is -1.42. The summed E-state index contributed by atoms with van der Waals surface area (Å²) in [5.74, 6) is 1.51. The van der Waals surface area contributed by atoms with Crippen LogP contribution in [0.3, 0.4) is 0 Å². The van der Waals surface area contributed by atoms with Crippen molar-refractivity contribution >= 4 is 5.69 Å². The fourth-order valence-electron chi connectivity index (χ4n) is 2.38. The molecule has 0 aliphatic carbocycles. The highest BCUT2D eigenvalue weighted by Crippen LogP contribution is 2.29. The normalized spacial score (nSPS) is 18.3. The lowest BCUT2D eigenvalue weighted by Gasteiger charge is -2.12. The summed E-state index contributed by atoms with van der Waals surface area (Å²) in [6.45, 7) is 1.89. The zero-order valence-corrected chi connectivity index (χ0v) is 11.8. The van der Waals surface area contributed by atoms with Crippen LogP contribution in [0.5, 0.6) is 11.5 Å². The lowest BCUT2D eigenvalue weighted by atomic mass is 10.1. The van der Waals surface area contributed by atoms with Crippen molar-refractivity contribution < 1.29 is 14.2 Å². The van der Waals surface area contributed by atoms with Gasteiger partial charge < -0.3 is 19.5 Å². The Morgan fingerprint density at radius 3 is 2.79 bits per heavy atom. The molecule has 19 heavy (non-hydrogen) atoms. The molecular weight excluding hydrogens is 242 g/mol. The molecule has 1 aromatic carbocycles. The molecule has 1 aliphatic rings. The van der Waals surface area contributed by atoms with Crippen molar-refractivity contribution in [3.8, 4) is 11.5 Å². The van der Waals surface area contributed by atoms with Crippen molar-refractivity contribution in [3.63, 3.8) is 0 Å². The van der Waals surface area contributed by atoms with E-state index in [0.29, 0.717) is 6.10 Å². The van der Waals surface area contributed by atoms with E-state index in [1.54, 1.807) is 14.2 Å². The van der Waals surface area contributed by atoms with E-state index in [9.17, 15) is 0 Å². The number of anilines is 1. The third kappa shape index (κ3) is 4.03. The molecule has 2 rings (SSSR count). The van der Waals surface area contributed by atoms with Crippen LogP contribution in [0.1, 0.15) is 25.7 Å². The van der Waals surface area contributed by atoms with Crippen molar-refractivity contribution in [2.75, 3.05) is 32.7 Å². The van der Waals surface area contributed by atoms with Crippen molar-refractivity contribution in [1.82, 2.24) is 0 Å². The Bertz CT molecular complexity index is 389. The SMILES string of the molecule is COc1ccc(NCCCC2CCCO2)cc1OC. The first-order chi connectivity index (χ1) is 9.33. The van der Waals surface area contributed by atoms with E-state index in [1.165, 1.54) is 12.8 Å². The zero-order valence-electron chi connectivity index (χ0n) is 11.8. The Kier molecular flexibility index (Phi) is 5.33. The largest absolute Gasteiger partial charge is 0.493 e. The third-order valence-electron chi connectivity index (χ3n) is 3.44. The van der Waals surface area contributed by atoms with Gasteiger partial charge in [0.2, 0.25) is 0 Å². The third-order valence-corrected chi connectivity index (χ3v) is 3.44. The number of rotatable bonds is 7. The van der Waals surface area contributed by atoms with Gasteiger partial charge in [-0.3, -0.25) is 0 Å². The highest BCUT2D eigenvalue weighted by atomic mass is 16.5. The van der Waals surface area contributed by atoms with Crippen LogP contribution in [0.15, 0.2) is 18.2 Å². The first-order valence-electron chi connectivity index (χ1n) is 6.91. The molecule has 1 N–H and O–H groups in total. The lowest BCUT2D eigenvalue weighted by Crippen LogP contribution is -2.09. The summed E-state index contributed by atoms with van der Waals surface area (Å²) < 4.78 is 16.1. The Balaban J connectivity index is 1.75. The van der Waals surface area contributed by atoms with E-state index in [1.807, 2.05) is 18.2 Å². The van der Waals surface area contributed by atoms with E-state index in [4.69, 9.17) is 14.2 Å². The molecule has 0 spiro atoms. The van der Waals surface area contributed by atoms with Gasteiger partial charge >= 0.3 is 0 Å². The summed E-state index contributed by atoms with van der Waals surface area (Å²) >= 11 is 0. The molecule has 1 unspecified atom stereocenters. The fourth-order valence-corrected chi connectivity index (χ4v) is 2.38. The van der Waals surface area contributed by atoms with Gasteiger partial charge in [-0.1, -0.05) is 0 Å². The molecule has 4 heteroatoms. The van der Waals surface area contributed by atoms with Crippen LogP contribution in [0.4, 0.5) is 5.69 Å². The van der Waals surface area contributed by atoms with Crippen LogP contribution < -0.4 is 14.8 Å². The predicted octanol–water partition coefficient (Wildman–Crippen LogP) is 3.07. The van der Waals surface area contributed by atoms with E-state index < -0.39 is 0 Å². The minimum atomic E-state index is 0.479. The van der Waals surface area contributed by atoms with Gasteiger partial charge in [0.25, 0.3) is 0 Å². The summed E-state index contributed by atoms with van der Waals surface area (Å²) in [6.07, 6.45) is 5.18. The number of ether oxygens (including phenoxy) is 3. The van der Waals surface area contributed by atoms with E-state index in [0.717, 1.165) is 43.2 Å². The van der Waals surface area contributed by atoms with Crippen LogP contribution in [0.2, 0.25) is 0 Å². The summed E-state index contributed by atoms with van der Waals surface area (Å²) in [7, 11) is 3.30. The zero-order chi connectivity index (χ0) is 13.5. The topological polar surface area (TPSA) is 39.7 Å². The highest BCUT2D eigenvalue weighted by Gasteiger charge is 2.14. The maximum absolute atomic E-state index is 5.61. The van der Waals surface area contributed by atoms with Gasteiger partial charge in [-0.25, -0.2) is 0 Å². The van der Waals surface area contributed by atoms with Crippen molar-refractivity contribution in [2.45, 2.75) is 31.8 Å². The molecule has 1 saturated heterocycles. The van der Waals surface area contributed by atoms with Gasteiger partial charge in [0.05, 0.1) is 20.3 Å². The minimum Gasteiger partial charge on any atom is -0.493 e. The lowest BCUT2D eigenvalue weighted by molar-refractivity contribution is 0.103. The summed E-state index contributed by atoms with van der Waals surface area (Å²) in [4.78, 5) is 0. The molecule has 106 valence electrons. The first-order valence-corrected chi connectivity index (χ1v) is 6.91. The summed E-state index contributed by atoms with van der Waals surface area (Å²) in [6, 6.07) is 5.89. The number of methoxy groups -OCH3 is 2. The summed E-state index contributed by atoms with van der Waals surface area (Å²) in [5, 5.41) is 3.40. The molecule has 1 heterocycles. The maximum Gasteiger partial charge on any atom is 0.162 e. The van der Waals surface area contributed by atoms with Crippen molar-refractivity contribution in [1.29, 1.82) is 0 Å². The molecule has 4 nitrogen and oxygen atoms in total. The molecule has 1 aliphatic heterocycles. The monoisotopic (exact) mass is 265 g/mol. The smallest absolute Gasteiger partial charge is 0.162 e. The van der Waals surface area contributed by atoms with Crippen molar-refractivity contribution in [2.24, 2.45) is 0 Å². The van der Waals surface area contributed by atoms with Crippen LogP contribution >= 0.6 is 0 Å². The Morgan fingerprint density at radius 1 is 1.26 bits per heavy atom. The number of benzene rings is 1. The molecule has 0 bridgehead atoms. The second-order valence-electron chi connectivity index (χ2n) is 4.77. The molecule has 0 radical (unpaired) electrons. The van der Waals surface area contributed by atoms with E-state index in [2.05, 4.69) is 5.32 Å². The van der Waals surface area contributed by atoms with Gasteiger partial charge in [0.15, 0.2) is 11.5 Å². The quantitative estimate of drug-likeness (QED) is 0.769. The molecule has 1 aromatic rings. The van der Waals surface area contributed by atoms with Crippen LogP contribution in [0, 0.1) is 0 Å². The second-order valence-corrected chi connectivity index (χ2v) is 4.77. The van der Waals surface area contributed by atoms with Gasteiger partial charge in [-0.05, 0) is 37.8 Å². The molecule has 0 amide bonds. The minimum absolute atomic E-state index is 0.479. The Labute approximate surface area is 115 Å². The number of hydrogen-bond donors (Lipinski definition) is 1. The standard InChI is InChI=1S/C15H23NO3/c1-17-14-8-7-12(11-15(14)18-2)16-9-3-5-13-6-4-10-19-13/h7-8,11,13,16H,3-6,9-10H2,1-2H3. The first kappa shape index (κ1) is 14.0. The Morgan fingerprint density at radius 2 is 2.11 bits per heavy atom. The fraction of sp³-hybridized carbons (Fsp3) is 0.600. The number of nitrogens with one attached hydrogen (secondary N) is 1. The molecular formula is C15H23NO3. The van der Waals surface area contributed by atoms with E-state index >= 15 is 0 Å². The van der Waals surface area contributed by atoms with Gasteiger partial charge in [0.1, 0.15) is 0 Å². The van der Waals surface area contributed by atoms with Crippen LogP contribution in [0.25, 0.3) is 0 Å².